The molecule has 0 unspecified atom stereocenters. The number of aromatic amines is 2. The summed E-state index contributed by atoms with van der Waals surface area (Å²) in [6.07, 6.45) is 12.9. The van der Waals surface area contributed by atoms with Gasteiger partial charge in [-0.1, -0.05) is 73.9 Å². The fourth-order valence-electron chi connectivity index (χ4n) is 11.9. The number of hydrogen-bond acceptors (Lipinski definition) is 10. The monoisotopic (exact) mass is 999 g/mol. The van der Waals surface area contributed by atoms with Crippen molar-refractivity contribution in [3.05, 3.63) is 131 Å². The molecule has 0 radical (unpaired) electrons. The van der Waals surface area contributed by atoms with Crippen molar-refractivity contribution in [2.75, 3.05) is 54.4 Å². The van der Waals surface area contributed by atoms with E-state index in [-0.39, 0.29) is 48.8 Å². The summed E-state index contributed by atoms with van der Waals surface area (Å²) in [7, 11) is 7.35. The topological polar surface area (TPSA) is 181 Å². The molecule has 1 saturated carbocycles. The van der Waals surface area contributed by atoms with Gasteiger partial charge in [-0.05, 0) is 114 Å². The summed E-state index contributed by atoms with van der Waals surface area (Å²) in [5, 5.41) is 6.08. The van der Waals surface area contributed by atoms with Crippen LogP contribution in [0.15, 0.2) is 91.3 Å². The van der Waals surface area contributed by atoms with Crippen molar-refractivity contribution in [2.24, 2.45) is 0 Å². The number of carbonyl (C=O) groups excluding carboxylic acids is 4. The first-order valence-corrected chi connectivity index (χ1v) is 26.3. The first-order valence-electron chi connectivity index (χ1n) is 26.3. The van der Waals surface area contributed by atoms with Crippen molar-refractivity contribution in [3.63, 3.8) is 0 Å². The minimum atomic E-state index is -0.820. The number of ether oxygens (including phenoxy) is 2. The van der Waals surface area contributed by atoms with Crippen LogP contribution in [0.5, 0.6) is 11.5 Å². The van der Waals surface area contributed by atoms with Gasteiger partial charge in [-0.2, -0.15) is 0 Å². The van der Waals surface area contributed by atoms with E-state index in [0.29, 0.717) is 43.9 Å². The van der Waals surface area contributed by atoms with Gasteiger partial charge in [0.05, 0.1) is 49.0 Å². The average molecular weight is 999 g/mol. The lowest BCUT2D eigenvalue weighted by Gasteiger charge is -2.30. The molecule has 11 rings (SSSR count). The van der Waals surface area contributed by atoms with E-state index in [9.17, 15) is 19.2 Å². The molecule has 4 aliphatic heterocycles. The number of hydrogen-bond donors (Lipinski definition) is 4. The Morgan fingerprint density at radius 3 is 1.55 bits per heavy atom. The van der Waals surface area contributed by atoms with Gasteiger partial charge < -0.3 is 49.7 Å². The minimum Gasteiger partial charge on any atom is -0.488 e. The quantitative estimate of drug-likeness (QED) is 0.0785. The van der Waals surface area contributed by atoms with Crippen molar-refractivity contribution in [1.29, 1.82) is 0 Å². The highest BCUT2D eigenvalue weighted by Gasteiger charge is 2.39. The van der Waals surface area contributed by atoms with Gasteiger partial charge in [-0.15, -0.1) is 0 Å². The lowest BCUT2D eigenvalue weighted by atomic mass is 9.83. The second-order valence-corrected chi connectivity index (χ2v) is 21.2. The van der Waals surface area contributed by atoms with E-state index in [4.69, 9.17) is 19.4 Å². The molecule has 0 bridgehead atoms. The van der Waals surface area contributed by atoms with Crippen LogP contribution in [0.1, 0.15) is 127 Å². The van der Waals surface area contributed by atoms with E-state index >= 15 is 0 Å². The van der Waals surface area contributed by atoms with Crippen LogP contribution in [0, 0.1) is 0 Å². The number of likely N-dealkylation sites (tertiary alicyclic amines) is 2. The third kappa shape index (κ3) is 9.92. The number of amides is 4. The molecule has 6 aromatic rings. The molecule has 16 nitrogen and oxygen atoms in total. The van der Waals surface area contributed by atoms with Gasteiger partial charge in [0, 0.05) is 46.5 Å². The molecule has 16 heteroatoms. The van der Waals surface area contributed by atoms with Gasteiger partial charge in [0.1, 0.15) is 48.4 Å². The van der Waals surface area contributed by atoms with E-state index in [1.54, 1.807) is 4.90 Å². The number of likely N-dealkylation sites (N-methyl/N-ethyl adjacent to an activating group) is 2. The molecule has 2 saturated heterocycles. The third-order valence-corrected chi connectivity index (χ3v) is 15.4. The Kier molecular flexibility index (Phi) is 13.8. The summed E-state index contributed by atoms with van der Waals surface area (Å²) in [5.74, 6) is 2.74. The Hall–Kier alpha value is -7.30. The van der Waals surface area contributed by atoms with Gasteiger partial charge in [-0.3, -0.25) is 19.2 Å². The van der Waals surface area contributed by atoms with Crippen LogP contribution < -0.4 is 20.1 Å². The number of imidazole rings is 2. The van der Waals surface area contributed by atoms with Crippen LogP contribution in [0.25, 0.3) is 33.6 Å². The fraction of sp³-hybridized carbons (Fsp3) is 0.414. The Morgan fingerprint density at radius 1 is 0.608 bits per heavy atom. The average Bonchev–Trinajstić information content (AvgIpc) is 4.27. The number of H-pyrrole nitrogens is 2. The van der Waals surface area contributed by atoms with E-state index < -0.39 is 12.1 Å². The zero-order valence-corrected chi connectivity index (χ0v) is 42.8. The van der Waals surface area contributed by atoms with E-state index in [2.05, 4.69) is 50.9 Å². The summed E-state index contributed by atoms with van der Waals surface area (Å²) >= 11 is 0. The fourth-order valence-corrected chi connectivity index (χ4v) is 11.9. The highest BCUT2D eigenvalue weighted by molar-refractivity contribution is 5.91. The smallest absolute Gasteiger partial charge is 0.250 e. The lowest BCUT2D eigenvalue weighted by molar-refractivity contribution is -0.138. The van der Waals surface area contributed by atoms with Gasteiger partial charge in [-0.25, -0.2) is 9.97 Å². The van der Waals surface area contributed by atoms with Crippen LogP contribution in [0.2, 0.25) is 0 Å². The standard InChI is InChI=1S/C58H66N10O6/c1-65(2)31-49(69)63-53(37-15-9-6-10-16-37)57(71)67-23-11-17-45(67)55-59-29-43(61-55)39-25-41-33-74-48-28-40(26-42-34-73-47(27-39)51(41)52(42)48)44-30-60-56(62-44)46-18-12-24-68(46)58(72)54(64-50(70)32-66(3)4)38-21-19-36(20-22-38)35-13-7-5-8-14-35/h6,9-10,15-16,19-22,25-30,35,45-46,53-54H,5,7-8,11-14,17-18,23-24,31-34H2,1-4H3,(H,59,61)(H,60,62)(H,63,69)(H,64,70)/t45-,46-,53+,54+/m0/s1. The second-order valence-electron chi connectivity index (χ2n) is 21.2. The molecule has 5 aliphatic rings. The van der Waals surface area contributed by atoms with Crippen molar-refractivity contribution in [2.45, 2.75) is 101 Å². The summed E-state index contributed by atoms with van der Waals surface area (Å²) in [6, 6.07) is 23.9. The minimum absolute atomic E-state index is 0.138. The molecule has 384 valence electrons. The zero-order chi connectivity index (χ0) is 51.0. The number of nitrogens with one attached hydrogen (secondary N) is 4. The van der Waals surface area contributed by atoms with Gasteiger partial charge in [0.25, 0.3) is 0 Å². The Bertz CT molecular complexity index is 3000. The van der Waals surface area contributed by atoms with Crippen LogP contribution >= 0.6 is 0 Å². The SMILES string of the molecule is CN(C)CC(=O)N[C@@H](C(=O)N1CCC[C@H]1c1ncc(-c2cc3c4c(c2)OCc2cc(-c5cnc([C@@H]6CCCN6C(=O)[C@H](NC(=O)CN(C)C)c6ccc(C7CCCCC7)cc6)[nH]5)cc(c2-4)OC3)[nH]1)c1ccccc1. The normalized spacial score (nSPS) is 18.9. The van der Waals surface area contributed by atoms with Crippen LogP contribution in [-0.4, -0.2) is 118 Å². The van der Waals surface area contributed by atoms with Crippen LogP contribution in [0.3, 0.4) is 0 Å². The lowest BCUT2D eigenvalue weighted by Crippen LogP contribution is -2.45. The Morgan fingerprint density at radius 2 is 1.08 bits per heavy atom. The summed E-state index contributed by atoms with van der Waals surface area (Å²) in [5.41, 5.74) is 10.3. The summed E-state index contributed by atoms with van der Waals surface area (Å²) in [4.78, 5) is 79.3. The third-order valence-electron chi connectivity index (χ3n) is 15.4. The molecule has 74 heavy (non-hydrogen) atoms. The van der Waals surface area contributed by atoms with E-state index in [1.165, 1.54) is 37.7 Å². The first kappa shape index (κ1) is 48.9. The summed E-state index contributed by atoms with van der Waals surface area (Å²) < 4.78 is 13.1. The molecular weight excluding hydrogens is 933 g/mol. The molecule has 0 spiro atoms. The van der Waals surface area contributed by atoms with Gasteiger partial charge in [0.2, 0.25) is 23.6 Å². The molecule has 1 aliphatic carbocycles. The molecule has 6 heterocycles. The van der Waals surface area contributed by atoms with Crippen LogP contribution in [0.4, 0.5) is 0 Å². The maximum Gasteiger partial charge on any atom is 0.250 e. The molecule has 4 aromatic carbocycles. The molecular formula is C58H66N10O6. The first-order chi connectivity index (χ1) is 35.9. The number of rotatable bonds is 15. The molecule has 4 N–H and O–H groups in total. The van der Waals surface area contributed by atoms with Crippen molar-refractivity contribution in [3.8, 4) is 45.1 Å². The van der Waals surface area contributed by atoms with Crippen LogP contribution in [-0.2, 0) is 32.4 Å². The predicted molar refractivity (Wildman–Crippen MR) is 281 cm³/mol. The highest BCUT2D eigenvalue weighted by atomic mass is 16.5. The number of carbonyl (C=O) groups is 4. The number of nitrogens with zero attached hydrogens (tertiary/aromatic N) is 6. The van der Waals surface area contributed by atoms with E-state index in [1.807, 2.05) is 104 Å². The largest absolute Gasteiger partial charge is 0.488 e. The number of aromatic nitrogens is 4. The number of benzene rings is 4. The van der Waals surface area contributed by atoms with Crippen molar-refractivity contribution < 1.29 is 28.7 Å². The van der Waals surface area contributed by atoms with Crippen molar-refractivity contribution >= 4 is 23.6 Å². The Labute approximate surface area is 432 Å². The van der Waals surface area contributed by atoms with Gasteiger partial charge >= 0.3 is 0 Å². The zero-order valence-electron chi connectivity index (χ0n) is 42.8. The second kappa shape index (κ2) is 20.9. The maximum absolute atomic E-state index is 14.7. The highest BCUT2D eigenvalue weighted by Crippen LogP contribution is 2.51. The molecule has 4 amide bonds. The van der Waals surface area contributed by atoms with Gasteiger partial charge in [0.15, 0.2) is 0 Å². The van der Waals surface area contributed by atoms with E-state index in [0.717, 1.165) is 93.1 Å². The van der Waals surface area contributed by atoms with Crippen molar-refractivity contribution in [1.82, 2.24) is 50.2 Å². The molecule has 3 fully saturated rings. The summed E-state index contributed by atoms with van der Waals surface area (Å²) in [6.45, 7) is 2.15. The molecule has 4 atom stereocenters. The predicted octanol–water partition coefficient (Wildman–Crippen LogP) is 8.13. The Balaban J connectivity index is 0.806. The maximum atomic E-state index is 14.7. The molecule has 2 aromatic heterocycles.